The first-order valence-electron chi connectivity index (χ1n) is 5.62. The minimum atomic E-state index is 0.605. The molecule has 84 valence electrons. The van der Waals surface area contributed by atoms with Gasteiger partial charge in [-0.25, -0.2) is 0 Å². The molecule has 1 unspecified atom stereocenters. The molecule has 2 heteroatoms. The van der Waals surface area contributed by atoms with Crippen molar-refractivity contribution >= 4 is 0 Å². The van der Waals surface area contributed by atoms with Crippen LogP contribution in [0.15, 0.2) is 30.3 Å². The maximum absolute atomic E-state index is 3.17. The summed E-state index contributed by atoms with van der Waals surface area (Å²) in [5.74, 6) is 0.605. The van der Waals surface area contributed by atoms with Gasteiger partial charge in [0.25, 0.3) is 0 Å². The van der Waals surface area contributed by atoms with Crippen LogP contribution in [0, 0.1) is 0 Å². The van der Waals surface area contributed by atoms with Crippen molar-refractivity contribution < 1.29 is 0 Å². The zero-order valence-corrected chi connectivity index (χ0v) is 10.0. The molecular formula is C13H22N2. The molecule has 0 aromatic heterocycles. The second-order valence-corrected chi connectivity index (χ2v) is 4.18. The maximum Gasteiger partial charge on any atom is 0.0104 e. The summed E-state index contributed by atoms with van der Waals surface area (Å²) >= 11 is 0. The number of rotatable bonds is 6. The molecule has 0 radical (unpaired) electrons. The van der Waals surface area contributed by atoms with Crippen LogP contribution in [0.5, 0.6) is 0 Å². The maximum atomic E-state index is 3.17. The normalized spacial score (nSPS) is 13.1. The third kappa shape index (κ3) is 4.45. The number of benzene rings is 1. The molecule has 1 atom stereocenters. The van der Waals surface area contributed by atoms with E-state index in [4.69, 9.17) is 0 Å². The summed E-state index contributed by atoms with van der Waals surface area (Å²) in [4.78, 5) is 2.37. The summed E-state index contributed by atoms with van der Waals surface area (Å²) in [5.41, 5.74) is 1.42. The lowest BCUT2D eigenvalue weighted by atomic mass is 10.0. The van der Waals surface area contributed by atoms with Crippen LogP contribution >= 0.6 is 0 Å². The van der Waals surface area contributed by atoms with E-state index >= 15 is 0 Å². The van der Waals surface area contributed by atoms with Crippen molar-refractivity contribution in [2.75, 3.05) is 33.7 Å². The minimum absolute atomic E-state index is 0.605. The van der Waals surface area contributed by atoms with Crippen LogP contribution in [0.25, 0.3) is 0 Å². The second kappa shape index (κ2) is 6.59. The Morgan fingerprint density at radius 2 is 1.93 bits per heavy atom. The molecule has 0 aliphatic carbocycles. The summed E-state index contributed by atoms with van der Waals surface area (Å²) < 4.78 is 0. The molecule has 0 bridgehead atoms. The van der Waals surface area contributed by atoms with Gasteiger partial charge in [-0.1, -0.05) is 37.3 Å². The number of nitrogens with zero attached hydrogens (tertiary/aromatic N) is 1. The summed E-state index contributed by atoms with van der Waals surface area (Å²) in [7, 11) is 4.17. The average Bonchev–Trinajstić information content (AvgIpc) is 2.27. The number of hydrogen-bond acceptors (Lipinski definition) is 2. The highest BCUT2D eigenvalue weighted by Gasteiger charge is 2.07. The molecule has 1 rings (SSSR count). The van der Waals surface area contributed by atoms with Crippen LogP contribution in [-0.2, 0) is 0 Å². The van der Waals surface area contributed by atoms with E-state index in [1.165, 1.54) is 5.56 Å². The topological polar surface area (TPSA) is 15.3 Å². The van der Waals surface area contributed by atoms with Gasteiger partial charge in [-0.05, 0) is 25.6 Å². The van der Waals surface area contributed by atoms with Gasteiger partial charge in [0, 0.05) is 19.6 Å². The third-order valence-electron chi connectivity index (χ3n) is 2.70. The van der Waals surface area contributed by atoms with E-state index in [-0.39, 0.29) is 0 Å². The molecule has 1 aromatic carbocycles. The van der Waals surface area contributed by atoms with Crippen LogP contribution in [0.2, 0.25) is 0 Å². The van der Waals surface area contributed by atoms with E-state index in [9.17, 15) is 0 Å². The molecule has 0 aliphatic heterocycles. The number of nitrogens with one attached hydrogen (secondary N) is 1. The van der Waals surface area contributed by atoms with Crippen molar-refractivity contribution in [3.05, 3.63) is 35.9 Å². The van der Waals surface area contributed by atoms with Crippen molar-refractivity contribution in [1.82, 2.24) is 10.2 Å². The summed E-state index contributed by atoms with van der Waals surface area (Å²) in [6.45, 7) is 5.56. The SMILES string of the molecule is CNCCN(C)CC(C)c1ccccc1. The van der Waals surface area contributed by atoms with Gasteiger partial charge in [0.15, 0.2) is 0 Å². The number of likely N-dealkylation sites (N-methyl/N-ethyl adjacent to an activating group) is 2. The Morgan fingerprint density at radius 1 is 1.27 bits per heavy atom. The van der Waals surface area contributed by atoms with E-state index in [1.807, 2.05) is 7.05 Å². The Balaban J connectivity index is 2.38. The van der Waals surface area contributed by atoms with Crippen LogP contribution < -0.4 is 5.32 Å². The van der Waals surface area contributed by atoms with Crippen molar-refractivity contribution in [2.45, 2.75) is 12.8 Å². The molecule has 2 nitrogen and oxygen atoms in total. The predicted molar refractivity (Wildman–Crippen MR) is 66.3 cm³/mol. The van der Waals surface area contributed by atoms with E-state index in [0.29, 0.717) is 5.92 Å². The van der Waals surface area contributed by atoms with Gasteiger partial charge >= 0.3 is 0 Å². The van der Waals surface area contributed by atoms with Crippen LogP contribution in [0.3, 0.4) is 0 Å². The van der Waals surface area contributed by atoms with Gasteiger partial charge in [-0.15, -0.1) is 0 Å². The Labute approximate surface area is 93.3 Å². The van der Waals surface area contributed by atoms with Gasteiger partial charge in [0.2, 0.25) is 0 Å². The van der Waals surface area contributed by atoms with Gasteiger partial charge in [-0.2, -0.15) is 0 Å². The molecular weight excluding hydrogens is 184 g/mol. The molecule has 0 heterocycles. The molecule has 15 heavy (non-hydrogen) atoms. The standard InChI is InChI=1S/C13H22N2/c1-12(11-15(3)10-9-14-2)13-7-5-4-6-8-13/h4-8,12,14H,9-11H2,1-3H3. The van der Waals surface area contributed by atoms with E-state index in [0.717, 1.165) is 19.6 Å². The first kappa shape index (κ1) is 12.2. The fraction of sp³-hybridized carbons (Fsp3) is 0.538. The van der Waals surface area contributed by atoms with E-state index in [1.54, 1.807) is 0 Å². The lowest BCUT2D eigenvalue weighted by Crippen LogP contribution is -2.30. The molecule has 0 saturated carbocycles. The van der Waals surface area contributed by atoms with Crippen LogP contribution in [0.4, 0.5) is 0 Å². The van der Waals surface area contributed by atoms with Gasteiger partial charge < -0.3 is 10.2 Å². The first-order chi connectivity index (χ1) is 7.24. The highest BCUT2D eigenvalue weighted by atomic mass is 15.1. The monoisotopic (exact) mass is 206 g/mol. The van der Waals surface area contributed by atoms with Gasteiger partial charge in [0.05, 0.1) is 0 Å². The zero-order valence-electron chi connectivity index (χ0n) is 10.0. The quantitative estimate of drug-likeness (QED) is 0.765. The minimum Gasteiger partial charge on any atom is -0.318 e. The van der Waals surface area contributed by atoms with Gasteiger partial charge in [-0.3, -0.25) is 0 Å². The molecule has 0 saturated heterocycles. The lowest BCUT2D eigenvalue weighted by molar-refractivity contribution is 0.318. The second-order valence-electron chi connectivity index (χ2n) is 4.18. The van der Waals surface area contributed by atoms with Crippen LogP contribution in [0.1, 0.15) is 18.4 Å². The Morgan fingerprint density at radius 3 is 2.53 bits per heavy atom. The summed E-state index contributed by atoms with van der Waals surface area (Å²) in [6.07, 6.45) is 0. The lowest BCUT2D eigenvalue weighted by Gasteiger charge is -2.21. The Hall–Kier alpha value is -0.860. The molecule has 1 N–H and O–H groups in total. The largest absolute Gasteiger partial charge is 0.318 e. The highest BCUT2D eigenvalue weighted by molar-refractivity contribution is 5.18. The summed E-state index contributed by atoms with van der Waals surface area (Å²) in [6, 6.07) is 10.7. The van der Waals surface area contributed by atoms with Crippen molar-refractivity contribution in [3.8, 4) is 0 Å². The summed E-state index contributed by atoms with van der Waals surface area (Å²) in [5, 5.41) is 3.17. The third-order valence-corrected chi connectivity index (χ3v) is 2.70. The first-order valence-corrected chi connectivity index (χ1v) is 5.62. The van der Waals surface area contributed by atoms with Gasteiger partial charge in [0.1, 0.15) is 0 Å². The van der Waals surface area contributed by atoms with Crippen molar-refractivity contribution in [2.24, 2.45) is 0 Å². The van der Waals surface area contributed by atoms with Crippen molar-refractivity contribution in [1.29, 1.82) is 0 Å². The highest BCUT2D eigenvalue weighted by Crippen LogP contribution is 2.14. The smallest absolute Gasteiger partial charge is 0.0104 e. The fourth-order valence-corrected chi connectivity index (χ4v) is 1.75. The predicted octanol–water partition coefficient (Wildman–Crippen LogP) is 1.94. The Kier molecular flexibility index (Phi) is 5.37. The molecule has 0 fully saturated rings. The Bertz CT molecular complexity index is 258. The number of hydrogen-bond donors (Lipinski definition) is 1. The van der Waals surface area contributed by atoms with Crippen LogP contribution in [-0.4, -0.2) is 38.6 Å². The fourth-order valence-electron chi connectivity index (χ4n) is 1.75. The zero-order chi connectivity index (χ0) is 11.1. The molecule has 0 spiro atoms. The van der Waals surface area contributed by atoms with Crippen molar-refractivity contribution in [3.63, 3.8) is 0 Å². The average molecular weight is 206 g/mol. The van der Waals surface area contributed by atoms with E-state index < -0.39 is 0 Å². The molecule has 0 aliphatic rings. The molecule has 0 amide bonds. The molecule has 1 aromatic rings. The van der Waals surface area contributed by atoms with E-state index in [2.05, 4.69) is 54.5 Å².